The first kappa shape index (κ1) is 15.1. The van der Waals surface area contributed by atoms with Crippen molar-refractivity contribution >= 4 is 17.3 Å². The largest absolute Gasteiger partial charge is 0.417 e. The summed E-state index contributed by atoms with van der Waals surface area (Å²) in [7, 11) is 0. The fraction of sp³-hybridized carbons (Fsp3) is 0.500. The minimum Gasteiger partial charge on any atom is -0.388 e. The van der Waals surface area contributed by atoms with Crippen molar-refractivity contribution in [1.29, 1.82) is 0 Å². The van der Waals surface area contributed by atoms with Crippen LogP contribution in [0.4, 0.5) is 18.9 Å². The summed E-state index contributed by atoms with van der Waals surface area (Å²) >= 11 is 5.50. The Hall–Kier alpha value is -0.940. The summed E-state index contributed by atoms with van der Waals surface area (Å²) in [5.41, 5.74) is -1.57. The van der Waals surface area contributed by atoms with Gasteiger partial charge in [-0.2, -0.15) is 13.2 Å². The summed E-state index contributed by atoms with van der Waals surface area (Å²) < 4.78 is 37.8. The SMILES string of the molecule is CCC(C)(O)CNc1ccc(Cl)c(C(F)(F)F)c1. The maximum absolute atomic E-state index is 12.6. The van der Waals surface area contributed by atoms with Gasteiger partial charge in [0.25, 0.3) is 0 Å². The summed E-state index contributed by atoms with van der Waals surface area (Å²) in [6, 6.07) is 3.57. The zero-order chi connectivity index (χ0) is 14.0. The van der Waals surface area contributed by atoms with Crippen molar-refractivity contribution in [3.63, 3.8) is 0 Å². The van der Waals surface area contributed by atoms with E-state index in [0.717, 1.165) is 6.07 Å². The standard InChI is InChI=1S/C12H15ClF3NO/c1-3-11(2,18)7-17-8-4-5-10(13)9(6-8)12(14,15)16/h4-6,17-18H,3,7H2,1-2H3. The van der Waals surface area contributed by atoms with Crippen LogP contribution >= 0.6 is 11.6 Å². The first-order chi connectivity index (χ1) is 8.15. The summed E-state index contributed by atoms with van der Waals surface area (Å²) in [6.45, 7) is 3.58. The van der Waals surface area contributed by atoms with Crippen LogP contribution in [0.15, 0.2) is 18.2 Å². The summed E-state index contributed by atoms with van der Waals surface area (Å²) in [5, 5.41) is 12.2. The van der Waals surface area contributed by atoms with E-state index in [2.05, 4.69) is 5.32 Å². The Morgan fingerprint density at radius 3 is 2.44 bits per heavy atom. The van der Waals surface area contributed by atoms with Crippen LogP contribution in [-0.2, 0) is 6.18 Å². The first-order valence-electron chi connectivity index (χ1n) is 5.49. The average Bonchev–Trinajstić information content (AvgIpc) is 2.26. The average molecular weight is 282 g/mol. The Balaban J connectivity index is 2.87. The minimum absolute atomic E-state index is 0.169. The van der Waals surface area contributed by atoms with Gasteiger partial charge in [0.15, 0.2) is 0 Å². The molecule has 2 nitrogen and oxygen atoms in total. The molecule has 1 atom stereocenters. The van der Waals surface area contributed by atoms with Gasteiger partial charge >= 0.3 is 6.18 Å². The van der Waals surface area contributed by atoms with Gasteiger partial charge in [0.05, 0.1) is 16.2 Å². The third-order valence-electron chi connectivity index (χ3n) is 2.71. The summed E-state index contributed by atoms with van der Waals surface area (Å²) in [6.07, 6.45) is -3.98. The van der Waals surface area contributed by atoms with E-state index in [-0.39, 0.29) is 17.3 Å². The van der Waals surface area contributed by atoms with Crippen molar-refractivity contribution in [1.82, 2.24) is 0 Å². The monoisotopic (exact) mass is 281 g/mol. The van der Waals surface area contributed by atoms with Crippen LogP contribution in [0.3, 0.4) is 0 Å². The molecule has 1 aromatic carbocycles. The molecule has 18 heavy (non-hydrogen) atoms. The second-order valence-corrected chi connectivity index (χ2v) is 4.80. The highest BCUT2D eigenvalue weighted by atomic mass is 35.5. The van der Waals surface area contributed by atoms with Crippen LogP contribution in [0.2, 0.25) is 5.02 Å². The molecule has 0 aliphatic heterocycles. The smallest absolute Gasteiger partial charge is 0.388 e. The molecular formula is C12H15ClF3NO. The zero-order valence-electron chi connectivity index (χ0n) is 10.1. The van der Waals surface area contributed by atoms with E-state index in [1.54, 1.807) is 13.8 Å². The Bertz CT molecular complexity index is 418. The fourth-order valence-electron chi connectivity index (χ4n) is 1.27. The maximum Gasteiger partial charge on any atom is 0.417 e. The molecule has 0 saturated carbocycles. The molecule has 1 unspecified atom stereocenters. The molecule has 0 saturated heterocycles. The molecule has 1 aromatic rings. The minimum atomic E-state index is -4.48. The third-order valence-corrected chi connectivity index (χ3v) is 3.04. The summed E-state index contributed by atoms with van der Waals surface area (Å²) in [4.78, 5) is 0. The molecule has 2 N–H and O–H groups in total. The number of hydrogen-bond acceptors (Lipinski definition) is 2. The van der Waals surface area contributed by atoms with E-state index < -0.39 is 17.3 Å². The quantitative estimate of drug-likeness (QED) is 0.876. The predicted molar refractivity (Wildman–Crippen MR) is 65.9 cm³/mol. The van der Waals surface area contributed by atoms with E-state index in [0.29, 0.717) is 6.42 Å². The molecule has 0 aliphatic rings. The predicted octanol–water partition coefficient (Wildman–Crippen LogP) is 3.93. The topological polar surface area (TPSA) is 32.3 Å². The molecular weight excluding hydrogens is 267 g/mol. The molecule has 0 fully saturated rings. The number of rotatable bonds is 4. The van der Waals surface area contributed by atoms with Gasteiger partial charge in [-0.25, -0.2) is 0 Å². The number of anilines is 1. The Morgan fingerprint density at radius 2 is 1.94 bits per heavy atom. The lowest BCUT2D eigenvalue weighted by Gasteiger charge is -2.22. The highest BCUT2D eigenvalue weighted by molar-refractivity contribution is 6.31. The molecule has 6 heteroatoms. The highest BCUT2D eigenvalue weighted by Gasteiger charge is 2.33. The van der Waals surface area contributed by atoms with Crippen molar-refractivity contribution in [3.8, 4) is 0 Å². The normalized spacial score (nSPS) is 15.3. The van der Waals surface area contributed by atoms with Gasteiger partial charge < -0.3 is 10.4 Å². The second kappa shape index (κ2) is 5.36. The van der Waals surface area contributed by atoms with E-state index in [1.165, 1.54) is 12.1 Å². The van der Waals surface area contributed by atoms with Crippen LogP contribution in [0.1, 0.15) is 25.8 Å². The van der Waals surface area contributed by atoms with Gasteiger partial charge in [0.2, 0.25) is 0 Å². The van der Waals surface area contributed by atoms with E-state index >= 15 is 0 Å². The van der Waals surface area contributed by atoms with Crippen molar-refractivity contribution in [3.05, 3.63) is 28.8 Å². The molecule has 0 spiro atoms. The molecule has 0 amide bonds. The van der Waals surface area contributed by atoms with E-state index in [9.17, 15) is 18.3 Å². The van der Waals surface area contributed by atoms with Crippen molar-refractivity contribution in [2.24, 2.45) is 0 Å². The fourth-order valence-corrected chi connectivity index (χ4v) is 1.49. The van der Waals surface area contributed by atoms with Gasteiger partial charge in [-0.1, -0.05) is 18.5 Å². The number of aliphatic hydroxyl groups is 1. The molecule has 102 valence electrons. The van der Waals surface area contributed by atoms with Crippen LogP contribution in [0.25, 0.3) is 0 Å². The highest BCUT2D eigenvalue weighted by Crippen LogP contribution is 2.36. The lowest BCUT2D eigenvalue weighted by Crippen LogP contribution is -2.32. The van der Waals surface area contributed by atoms with Crippen LogP contribution in [-0.4, -0.2) is 17.3 Å². The zero-order valence-corrected chi connectivity index (χ0v) is 10.9. The van der Waals surface area contributed by atoms with Crippen molar-refractivity contribution < 1.29 is 18.3 Å². The molecule has 0 radical (unpaired) electrons. The lowest BCUT2D eigenvalue weighted by molar-refractivity contribution is -0.137. The molecule has 0 aromatic heterocycles. The lowest BCUT2D eigenvalue weighted by atomic mass is 10.0. The van der Waals surface area contributed by atoms with Gasteiger partial charge in [0, 0.05) is 12.2 Å². The number of hydrogen-bond donors (Lipinski definition) is 2. The van der Waals surface area contributed by atoms with Crippen molar-refractivity contribution in [2.45, 2.75) is 32.0 Å². The Labute approximate surface area is 109 Å². The number of nitrogens with one attached hydrogen (secondary N) is 1. The van der Waals surface area contributed by atoms with E-state index in [1.807, 2.05) is 0 Å². The van der Waals surface area contributed by atoms with Gasteiger partial charge in [0.1, 0.15) is 0 Å². The Morgan fingerprint density at radius 1 is 1.33 bits per heavy atom. The maximum atomic E-state index is 12.6. The number of halogens is 4. The second-order valence-electron chi connectivity index (χ2n) is 4.40. The van der Waals surface area contributed by atoms with Crippen LogP contribution < -0.4 is 5.32 Å². The Kier molecular flexibility index (Phi) is 4.50. The number of alkyl halides is 3. The van der Waals surface area contributed by atoms with E-state index in [4.69, 9.17) is 11.6 Å². The van der Waals surface area contributed by atoms with Gasteiger partial charge in [-0.05, 0) is 31.5 Å². The van der Waals surface area contributed by atoms with Gasteiger partial charge in [-0.15, -0.1) is 0 Å². The third kappa shape index (κ3) is 4.07. The first-order valence-corrected chi connectivity index (χ1v) is 5.86. The molecule has 0 aliphatic carbocycles. The summed E-state index contributed by atoms with van der Waals surface area (Å²) in [5.74, 6) is 0. The molecule has 0 bridgehead atoms. The number of benzene rings is 1. The van der Waals surface area contributed by atoms with Crippen molar-refractivity contribution in [2.75, 3.05) is 11.9 Å². The van der Waals surface area contributed by atoms with Crippen LogP contribution in [0, 0.1) is 0 Å². The molecule has 0 heterocycles. The van der Waals surface area contributed by atoms with Gasteiger partial charge in [-0.3, -0.25) is 0 Å². The van der Waals surface area contributed by atoms with Crippen LogP contribution in [0.5, 0.6) is 0 Å². The molecule has 1 rings (SSSR count).